The van der Waals surface area contributed by atoms with Crippen molar-refractivity contribution in [3.8, 4) is 0 Å². The molecule has 1 aliphatic heterocycles. The topological polar surface area (TPSA) is 49.8 Å². The molecule has 0 atom stereocenters. The van der Waals surface area contributed by atoms with Gasteiger partial charge >= 0.3 is 0 Å². The van der Waals surface area contributed by atoms with Gasteiger partial charge in [-0.05, 0) is 23.6 Å². The Hall–Kier alpha value is -1.92. The largest absolute Gasteiger partial charge is 0.372 e. The third-order valence-corrected chi connectivity index (χ3v) is 4.70. The molecule has 1 N–H and O–H groups in total. The SMILES string of the molecule is CN=C(NCc1ccc2c(c1)COC2)N(C)Cc1csc(C)n1. The second-order valence-corrected chi connectivity index (χ2v) is 6.77. The lowest BCUT2D eigenvalue weighted by atomic mass is 10.1. The molecule has 0 aliphatic carbocycles. The van der Waals surface area contributed by atoms with E-state index in [9.17, 15) is 0 Å². The summed E-state index contributed by atoms with van der Waals surface area (Å²) in [5.41, 5.74) is 4.92. The number of aliphatic imine (C=N–C) groups is 1. The number of nitrogens with zero attached hydrogens (tertiary/aromatic N) is 3. The molecule has 2 aromatic rings. The first kappa shape index (κ1) is 16.0. The highest BCUT2D eigenvalue weighted by atomic mass is 32.1. The van der Waals surface area contributed by atoms with E-state index in [0.29, 0.717) is 0 Å². The summed E-state index contributed by atoms with van der Waals surface area (Å²) in [5, 5.41) is 6.61. The first-order valence-corrected chi connectivity index (χ1v) is 8.55. The van der Waals surface area contributed by atoms with E-state index >= 15 is 0 Å². The lowest BCUT2D eigenvalue weighted by Gasteiger charge is -2.21. The molecule has 5 nitrogen and oxygen atoms in total. The molecule has 0 bridgehead atoms. The van der Waals surface area contributed by atoms with Crippen molar-refractivity contribution in [2.45, 2.75) is 33.2 Å². The summed E-state index contributed by atoms with van der Waals surface area (Å²) >= 11 is 1.68. The maximum atomic E-state index is 5.46. The van der Waals surface area contributed by atoms with Crippen molar-refractivity contribution in [1.82, 2.24) is 15.2 Å². The Labute approximate surface area is 141 Å². The molecule has 0 saturated carbocycles. The van der Waals surface area contributed by atoms with Crippen LogP contribution in [0.2, 0.25) is 0 Å². The van der Waals surface area contributed by atoms with E-state index in [1.807, 2.05) is 21.0 Å². The zero-order valence-electron chi connectivity index (χ0n) is 13.8. The van der Waals surface area contributed by atoms with Gasteiger partial charge in [-0.15, -0.1) is 11.3 Å². The first-order chi connectivity index (χ1) is 11.2. The number of thiazole rings is 1. The summed E-state index contributed by atoms with van der Waals surface area (Å²) in [6.07, 6.45) is 0. The maximum absolute atomic E-state index is 5.46. The van der Waals surface area contributed by atoms with Crippen LogP contribution in [0.15, 0.2) is 28.6 Å². The van der Waals surface area contributed by atoms with E-state index in [4.69, 9.17) is 4.74 Å². The normalized spacial score (nSPS) is 14.0. The number of ether oxygens (including phenoxy) is 1. The van der Waals surface area contributed by atoms with Crippen LogP contribution in [0, 0.1) is 6.92 Å². The van der Waals surface area contributed by atoms with E-state index in [0.717, 1.165) is 43.0 Å². The Kier molecular flexibility index (Phi) is 4.93. The smallest absolute Gasteiger partial charge is 0.194 e. The minimum atomic E-state index is 0.723. The van der Waals surface area contributed by atoms with Crippen LogP contribution in [0.3, 0.4) is 0 Å². The standard InChI is InChI=1S/C17H22N4OS/c1-12-20-16(11-23-12)8-21(3)17(18-2)19-7-13-4-5-14-9-22-10-15(14)6-13/h4-6,11H,7-10H2,1-3H3,(H,18,19). The fraction of sp³-hybridized carbons (Fsp3) is 0.412. The van der Waals surface area contributed by atoms with Crippen molar-refractivity contribution in [3.05, 3.63) is 51.0 Å². The van der Waals surface area contributed by atoms with Crippen LogP contribution >= 0.6 is 11.3 Å². The molecule has 0 unspecified atom stereocenters. The summed E-state index contributed by atoms with van der Waals surface area (Å²) in [7, 11) is 3.84. The molecule has 3 rings (SSSR count). The molecule has 122 valence electrons. The van der Waals surface area contributed by atoms with Crippen molar-refractivity contribution < 1.29 is 4.74 Å². The number of rotatable bonds is 4. The van der Waals surface area contributed by atoms with Crippen LogP contribution in [-0.2, 0) is 31.0 Å². The Balaban J connectivity index is 1.59. The van der Waals surface area contributed by atoms with Crippen LogP contribution in [0.4, 0.5) is 0 Å². The number of aromatic nitrogens is 1. The summed E-state index contributed by atoms with van der Waals surface area (Å²) in [6, 6.07) is 6.52. The Morgan fingerprint density at radius 3 is 2.96 bits per heavy atom. The number of aryl methyl sites for hydroxylation is 1. The van der Waals surface area contributed by atoms with Crippen LogP contribution < -0.4 is 5.32 Å². The second-order valence-electron chi connectivity index (χ2n) is 5.71. The Morgan fingerprint density at radius 1 is 1.39 bits per heavy atom. The third kappa shape index (κ3) is 3.89. The van der Waals surface area contributed by atoms with Crippen LogP contribution in [0.1, 0.15) is 27.4 Å². The second kappa shape index (κ2) is 7.10. The van der Waals surface area contributed by atoms with E-state index in [-0.39, 0.29) is 0 Å². The van der Waals surface area contributed by atoms with E-state index in [1.165, 1.54) is 16.7 Å². The molecule has 0 fully saturated rings. The molecule has 0 spiro atoms. The van der Waals surface area contributed by atoms with Crippen LogP contribution in [-0.4, -0.2) is 29.9 Å². The lowest BCUT2D eigenvalue weighted by Crippen LogP contribution is -2.38. The third-order valence-electron chi connectivity index (χ3n) is 3.88. The molecule has 1 aliphatic rings. The summed E-state index contributed by atoms with van der Waals surface area (Å²) in [5.74, 6) is 0.868. The fourth-order valence-electron chi connectivity index (χ4n) is 2.70. The number of benzene rings is 1. The fourth-order valence-corrected chi connectivity index (χ4v) is 3.30. The molecule has 23 heavy (non-hydrogen) atoms. The quantitative estimate of drug-likeness (QED) is 0.692. The van der Waals surface area contributed by atoms with Gasteiger partial charge < -0.3 is 15.0 Å². The van der Waals surface area contributed by atoms with Crippen molar-refractivity contribution >= 4 is 17.3 Å². The van der Waals surface area contributed by atoms with E-state index in [1.54, 1.807) is 11.3 Å². The van der Waals surface area contributed by atoms with Gasteiger partial charge in [-0.1, -0.05) is 18.2 Å². The summed E-state index contributed by atoms with van der Waals surface area (Å²) in [6.45, 7) is 4.99. The predicted octanol–water partition coefficient (Wildman–Crippen LogP) is 2.69. The lowest BCUT2D eigenvalue weighted by molar-refractivity contribution is 0.134. The number of guanidine groups is 1. The van der Waals surface area contributed by atoms with Gasteiger partial charge in [-0.3, -0.25) is 4.99 Å². The number of hydrogen-bond donors (Lipinski definition) is 1. The first-order valence-electron chi connectivity index (χ1n) is 7.67. The Bertz CT molecular complexity index is 710. The molecule has 1 aromatic carbocycles. The molecule has 2 heterocycles. The van der Waals surface area contributed by atoms with Gasteiger partial charge in [0.05, 0.1) is 30.5 Å². The molecule has 0 amide bonds. The van der Waals surface area contributed by atoms with Gasteiger partial charge in [0.25, 0.3) is 0 Å². The van der Waals surface area contributed by atoms with Gasteiger partial charge in [0.2, 0.25) is 0 Å². The molecular weight excluding hydrogens is 308 g/mol. The monoisotopic (exact) mass is 330 g/mol. The minimum absolute atomic E-state index is 0.723. The number of fused-ring (bicyclic) bond motifs is 1. The van der Waals surface area contributed by atoms with Crippen molar-refractivity contribution in [3.63, 3.8) is 0 Å². The van der Waals surface area contributed by atoms with Crippen molar-refractivity contribution in [2.24, 2.45) is 4.99 Å². The van der Waals surface area contributed by atoms with Gasteiger partial charge in [0, 0.05) is 26.0 Å². The zero-order chi connectivity index (χ0) is 16.2. The number of hydrogen-bond acceptors (Lipinski definition) is 4. The van der Waals surface area contributed by atoms with Gasteiger partial charge in [-0.2, -0.15) is 0 Å². The summed E-state index contributed by atoms with van der Waals surface area (Å²) < 4.78 is 5.46. The minimum Gasteiger partial charge on any atom is -0.372 e. The van der Waals surface area contributed by atoms with Gasteiger partial charge in [0.15, 0.2) is 5.96 Å². The van der Waals surface area contributed by atoms with Crippen LogP contribution in [0.5, 0.6) is 0 Å². The highest BCUT2D eigenvalue weighted by molar-refractivity contribution is 7.09. The summed E-state index contributed by atoms with van der Waals surface area (Å²) in [4.78, 5) is 11.0. The average molecular weight is 330 g/mol. The van der Waals surface area contributed by atoms with Crippen molar-refractivity contribution in [1.29, 1.82) is 0 Å². The van der Waals surface area contributed by atoms with Gasteiger partial charge in [0.1, 0.15) is 0 Å². The molecular formula is C17H22N4OS. The Morgan fingerprint density at radius 2 is 2.22 bits per heavy atom. The molecule has 0 saturated heterocycles. The van der Waals surface area contributed by atoms with E-state index < -0.39 is 0 Å². The molecule has 0 radical (unpaired) electrons. The maximum Gasteiger partial charge on any atom is 0.194 e. The van der Waals surface area contributed by atoms with Crippen molar-refractivity contribution in [2.75, 3.05) is 14.1 Å². The highest BCUT2D eigenvalue weighted by Gasteiger charge is 2.12. The number of nitrogens with one attached hydrogen (secondary N) is 1. The highest BCUT2D eigenvalue weighted by Crippen LogP contribution is 2.20. The molecule has 6 heteroatoms. The predicted molar refractivity (Wildman–Crippen MR) is 93.5 cm³/mol. The molecule has 1 aromatic heterocycles. The van der Waals surface area contributed by atoms with Gasteiger partial charge in [-0.25, -0.2) is 4.98 Å². The van der Waals surface area contributed by atoms with E-state index in [2.05, 4.69) is 43.8 Å². The average Bonchev–Trinajstić information content (AvgIpc) is 3.16. The van der Waals surface area contributed by atoms with Crippen LogP contribution in [0.25, 0.3) is 0 Å². The zero-order valence-corrected chi connectivity index (χ0v) is 14.6.